The first-order valence-corrected chi connectivity index (χ1v) is 5.62. The van der Waals surface area contributed by atoms with Crippen molar-refractivity contribution in [2.75, 3.05) is 0 Å². The molecule has 4 atom stereocenters. The van der Waals surface area contributed by atoms with Crippen molar-refractivity contribution in [3.8, 4) is 0 Å². The highest BCUT2D eigenvalue weighted by molar-refractivity contribution is 7.87. The molecule has 0 amide bonds. The van der Waals surface area contributed by atoms with Gasteiger partial charge in [-0.15, -0.1) is 0 Å². The third kappa shape index (κ3) is 0.639. The highest BCUT2D eigenvalue weighted by atomic mass is 32.2. The van der Waals surface area contributed by atoms with E-state index in [0.29, 0.717) is 6.42 Å². The lowest BCUT2D eigenvalue weighted by Crippen LogP contribution is -2.26. The second kappa shape index (κ2) is 1.71. The van der Waals surface area contributed by atoms with Gasteiger partial charge in [0.15, 0.2) is 0 Å². The van der Waals surface area contributed by atoms with Crippen LogP contribution in [-0.2, 0) is 19.0 Å². The zero-order valence-corrected chi connectivity index (χ0v) is 7.50. The molecule has 68 valence electrons. The van der Waals surface area contributed by atoms with E-state index in [0.717, 1.165) is 6.42 Å². The minimum Gasteiger partial charge on any atom is -0.368 e. The van der Waals surface area contributed by atoms with Gasteiger partial charge < -0.3 is 4.74 Å². The van der Waals surface area contributed by atoms with Gasteiger partial charge in [-0.25, -0.2) is 0 Å². The van der Waals surface area contributed by atoms with Crippen molar-refractivity contribution < 1.29 is 17.3 Å². The van der Waals surface area contributed by atoms with Gasteiger partial charge in [-0.1, -0.05) is 0 Å². The quantitative estimate of drug-likeness (QED) is 0.506. The lowest BCUT2D eigenvalue weighted by molar-refractivity contribution is 0.0244. The highest BCUT2D eigenvalue weighted by Gasteiger charge is 2.76. The normalized spacial score (nSPS) is 59.6. The van der Waals surface area contributed by atoms with Crippen LogP contribution in [0, 0.1) is 0 Å². The third-order valence-electron chi connectivity index (χ3n) is 3.00. The number of ether oxygens (including phenoxy) is 1. The summed E-state index contributed by atoms with van der Waals surface area (Å²) in [6, 6.07) is 0. The monoisotopic (exact) mass is 190 g/mol. The van der Waals surface area contributed by atoms with Crippen molar-refractivity contribution in [3.05, 3.63) is 0 Å². The third-order valence-corrected chi connectivity index (χ3v) is 4.79. The van der Waals surface area contributed by atoms with E-state index in [4.69, 9.17) is 8.92 Å². The zero-order chi connectivity index (χ0) is 8.56. The van der Waals surface area contributed by atoms with Crippen molar-refractivity contribution in [2.24, 2.45) is 0 Å². The molecule has 2 saturated heterocycles. The zero-order valence-electron chi connectivity index (χ0n) is 6.69. The molecule has 3 rings (SSSR count). The van der Waals surface area contributed by atoms with Crippen LogP contribution >= 0.6 is 0 Å². The van der Waals surface area contributed by atoms with Gasteiger partial charge in [-0.05, 0) is 13.3 Å². The Morgan fingerprint density at radius 3 is 2.92 bits per heavy atom. The Balaban J connectivity index is 2.07. The minimum absolute atomic E-state index is 0.0682. The Kier molecular flexibility index (Phi) is 1.04. The summed E-state index contributed by atoms with van der Waals surface area (Å²) >= 11 is 0. The highest BCUT2D eigenvalue weighted by Crippen LogP contribution is 2.60. The summed E-state index contributed by atoms with van der Waals surface area (Å²) in [7, 11) is -3.29. The fraction of sp³-hybridized carbons (Fsp3) is 1.00. The van der Waals surface area contributed by atoms with Gasteiger partial charge in [-0.2, -0.15) is 8.42 Å². The van der Waals surface area contributed by atoms with E-state index in [-0.39, 0.29) is 17.5 Å². The molecule has 12 heavy (non-hydrogen) atoms. The Hall–Kier alpha value is -0.130. The lowest BCUT2D eigenvalue weighted by Gasteiger charge is -2.07. The van der Waals surface area contributed by atoms with Crippen molar-refractivity contribution in [1.29, 1.82) is 0 Å². The van der Waals surface area contributed by atoms with Gasteiger partial charge in [0, 0.05) is 6.42 Å². The number of hydrogen-bond donors (Lipinski definition) is 0. The Bertz CT molecular complexity index is 335. The largest absolute Gasteiger partial charge is 0.368 e. The molecule has 3 aliphatic rings. The molecule has 2 aliphatic heterocycles. The molecular weight excluding hydrogens is 180 g/mol. The molecule has 1 saturated carbocycles. The topological polar surface area (TPSA) is 52.6 Å². The summed E-state index contributed by atoms with van der Waals surface area (Å²) in [5.74, 6) is 0. The lowest BCUT2D eigenvalue weighted by atomic mass is 10.2. The van der Waals surface area contributed by atoms with E-state index in [1.165, 1.54) is 0 Å². The van der Waals surface area contributed by atoms with Crippen LogP contribution in [0.3, 0.4) is 0 Å². The van der Waals surface area contributed by atoms with Gasteiger partial charge in [0.25, 0.3) is 10.1 Å². The molecule has 0 aromatic rings. The molecular formula is C7H10O4S. The molecule has 1 aliphatic carbocycles. The van der Waals surface area contributed by atoms with Gasteiger partial charge in [-0.3, -0.25) is 4.18 Å². The van der Waals surface area contributed by atoms with Crippen LogP contribution in [-0.4, -0.2) is 31.5 Å². The molecule has 0 radical (unpaired) electrons. The molecule has 0 aromatic heterocycles. The van der Waals surface area contributed by atoms with Crippen molar-refractivity contribution >= 4 is 10.1 Å². The van der Waals surface area contributed by atoms with E-state index in [1.54, 1.807) is 0 Å². The average molecular weight is 190 g/mol. The fourth-order valence-electron chi connectivity index (χ4n) is 2.40. The summed E-state index contributed by atoms with van der Waals surface area (Å²) in [5.41, 5.74) is -0.432. The summed E-state index contributed by atoms with van der Waals surface area (Å²) in [6.07, 6.45) is 1.26. The molecule has 0 bridgehead atoms. The molecule has 3 fully saturated rings. The van der Waals surface area contributed by atoms with Gasteiger partial charge in [0.05, 0.1) is 6.10 Å². The Labute approximate surface area is 71.0 Å². The SMILES string of the molecule is CC1CC2C3(CC3OS2(=O)=O)O1. The standard InChI is InChI=1S/C7H10O4S/c1-4-2-6-7(10-4)3-5(7)11-12(6,8)9/h4-6H,2-3H2,1H3. The van der Waals surface area contributed by atoms with E-state index >= 15 is 0 Å². The molecule has 4 nitrogen and oxygen atoms in total. The summed E-state index contributed by atoms with van der Waals surface area (Å²) in [5, 5.41) is -0.384. The van der Waals surface area contributed by atoms with Gasteiger partial charge in [0.1, 0.15) is 17.0 Å². The van der Waals surface area contributed by atoms with Crippen LogP contribution < -0.4 is 0 Å². The van der Waals surface area contributed by atoms with Crippen molar-refractivity contribution in [1.82, 2.24) is 0 Å². The first-order chi connectivity index (χ1) is 5.55. The van der Waals surface area contributed by atoms with Gasteiger partial charge in [0.2, 0.25) is 0 Å². The first kappa shape index (κ1) is 7.29. The predicted octanol–water partition coefficient (Wildman–Crippen LogP) is 0.0349. The van der Waals surface area contributed by atoms with Crippen LogP contribution in [0.25, 0.3) is 0 Å². The smallest absolute Gasteiger partial charge is 0.273 e. The predicted molar refractivity (Wildman–Crippen MR) is 40.1 cm³/mol. The number of rotatable bonds is 0. The van der Waals surface area contributed by atoms with Crippen LogP contribution in [0.5, 0.6) is 0 Å². The van der Waals surface area contributed by atoms with Crippen LogP contribution in [0.15, 0.2) is 0 Å². The van der Waals surface area contributed by atoms with Crippen molar-refractivity contribution in [2.45, 2.75) is 42.8 Å². The molecule has 4 unspecified atom stereocenters. The van der Waals surface area contributed by atoms with E-state index < -0.39 is 15.7 Å². The van der Waals surface area contributed by atoms with E-state index in [9.17, 15) is 8.42 Å². The summed E-state index contributed by atoms with van der Waals surface area (Å²) < 4.78 is 33.1. The minimum atomic E-state index is -3.29. The molecule has 5 heteroatoms. The molecule has 0 aromatic carbocycles. The molecule has 0 N–H and O–H groups in total. The van der Waals surface area contributed by atoms with Crippen LogP contribution in [0.4, 0.5) is 0 Å². The van der Waals surface area contributed by atoms with Gasteiger partial charge >= 0.3 is 0 Å². The summed E-state index contributed by atoms with van der Waals surface area (Å²) in [4.78, 5) is 0. The first-order valence-electron chi connectivity index (χ1n) is 4.14. The molecule has 1 spiro atoms. The van der Waals surface area contributed by atoms with E-state index in [2.05, 4.69) is 0 Å². The second-order valence-electron chi connectivity index (χ2n) is 3.89. The average Bonchev–Trinajstić information content (AvgIpc) is 2.31. The number of hydrogen-bond acceptors (Lipinski definition) is 4. The fourth-order valence-corrected chi connectivity index (χ4v) is 4.39. The maximum absolute atomic E-state index is 11.3. The second-order valence-corrected chi connectivity index (χ2v) is 5.64. The maximum Gasteiger partial charge on any atom is 0.273 e. The maximum atomic E-state index is 11.3. The Morgan fingerprint density at radius 2 is 2.25 bits per heavy atom. The Morgan fingerprint density at radius 1 is 1.50 bits per heavy atom. The molecule has 2 heterocycles. The van der Waals surface area contributed by atoms with Crippen LogP contribution in [0.1, 0.15) is 19.8 Å². The van der Waals surface area contributed by atoms with E-state index in [1.807, 2.05) is 6.92 Å². The summed E-state index contributed by atoms with van der Waals surface area (Å²) in [6.45, 7) is 1.91. The van der Waals surface area contributed by atoms with Crippen molar-refractivity contribution in [3.63, 3.8) is 0 Å². The van der Waals surface area contributed by atoms with Crippen LogP contribution in [0.2, 0.25) is 0 Å².